The summed E-state index contributed by atoms with van der Waals surface area (Å²) in [5, 5.41) is 3.55. The molecule has 0 unspecified atom stereocenters. The van der Waals surface area contributed by atoms with E-state index in [9.17, 15) is 0 Å². The molecule has 0 aliphatic carbocycles. The van der Waals surface area contributed by atoms with Gasteiger partial charge in [0.05, 0.1) is 0 Å². The molecule has 1 aromatic rings. The number of aryl methyl sites for hydroxylation is 1. The summed E-state index contributed by atoms with van der Waals surface area (Å²) in [6, 6.07) is 9.41. The molecule has 0 aromatic heterocycles. The van der Waals surface area contributed by atoms with Crippen molar-refractivity contribution in [2.24, 2.45) is 5.92 Å². The van der Waals surface area contributed by atoms with Crippen LogP contribution in [-0.4, -0.2) is 6.54 Å². The van der Waals surface area contributed by atoms with Gasteiger partial charge in [0.1, 0.15) is 0 Å². The topological polar surface area (TPSA) is 12.0 Å². The summed E-state index contributed by atoms with van der Waals surface area (Å²) in [5.41, 5.74) is 2.81. The highest BCUT2D eigenvalue weighted by Crippen LogP contribution is 2.26. The predicted octanol–water partition coefficient (Wildman–Crippen LogP) is 2.67. The molecule has 1 fully saturated rings. The highest BCUT2D eigenvalue weighted by atomic mass is 14.9. The van der Waals surface area contributed by atoms with Crippen LogP contribution in [0.2, 0.25) is 0 Å². The van der Waals surface area contributed by atoms with Crippen molar-refractivity contribution in [3.63, 3.8) is 0 Å². The number of hydrogen-bond donors (Lipinski definition) is 1. The Hall–Kier alpha value is -0.820. The smallest absolute Gasteiger partial charge is 0.0323 e. The zero-order valence-corrected chi connectivity index (χ0v) is 8.38. The molecule has 1 saturated heterocycles. The maximum atomic E-state index is 3.55. The lowest BCUT2D eigenvalue weighted by Gasteiger charge is -2.10. The molecule has 1 aliphatic heterocycles. The highest BCUT2D eigenvalue weighted by Gasteiger charge is 2.21. The van der Waals surface area contributed by atoms with Gasteiger partial charge in [0.25, 0.3) is 0 Å². The van der Waals surface area contributed by atoms with Crippen molar-refractivity contribution in [2.45, 2.75) is 26.3 Å². The Labute approximate surface area is 80.2 Å². The molecule has 0 spiro atoms. The lowest BCUT2D eigenvalue weighted by Crippen LogP contribution is -2.13. The number of nitrogens with one attached hydrogen (secondary N) is 1. The molecule has 0 saturated carbocycles. The maximum Gasteiger partial charge on any atom is 0.0323 e. The van der Waals surface area contributed by atoms with Gasteiger partial charge in [0.15, 0.2) is 0 Å². The molecular weight excluding hydrogens is 158 g/mol. The Bertz CT molecular complexity index is 293. The standard InChI is InChI=1S/C12H17N/c1-9-4-3-5-11(6-9)12-7-10(2)8-13-12/h3-6,10,12-13H,7-8H2,1-2H3/t10-,12+/m0/s1. The van der Waals surface area contributed by atoms with E-state index in [1.165, 1.54) is 24.1 Å². The van der Waals surface area contributed by atoms with Crippen molar-refractivity contribution < 1.29 is 0 Å². The largest absolute Gasteiger partial charge is 0.310 e. The average molecular weight is 175 g/mol. The Morgan fingerprint density at radius 1 is 1.38 bits per heavy atom. The molecule has 0 amide bonds. The van der Waals surface area contributed by atoms with Crippen LogP contribution in [0.15, 0.2) is 24.3 Å². The van der Waals surface area contributed by atoms with E-state index < -0.39 is 0 Å². The first-order valence-electron chi connectivity index (χ1n) is 5.05. The molecular formula is C12H17N. The van der Waals surface area contributed by atoms with Crippen LogP contribution in [-0.2, 0) is 0 Å². The van der Waals surface area contributed by atoms with E-state index in [1.807, 2.05) is 0 Å². The molecule has 1 aliphatic rings. The quantitative estimate of drug-likeness (QED) is 0.692. The number of hydrogen-bond acceptors (Lipinski definition) is 1. The lowest BCUT2D eigenvalue weighted by atomic mass is 10.00. The van der Waals surface area contributed by atoms with E-state index in [2.05, 4.69) is 43.4 Å². The summed E-state index contributed by atoms with van der Waals surface area (Å²) < 4.78 is 0. The van der Waals surface area contributed by atoms with Gasteiger partial charge in [0, 0.05) is 6.04 Å². The van der Waals surface area contributed by atoms with Crippen molar-refractivity contribution in [1.29, 1.82) is 0 Å². The van der Waals surface area contributed by atoms with Crippen LogP contribution in [0, 0.1) is 12.8 Å². The molecule has 13 heavy (non-hydrogen) atoms. The van der Waals surface area contributed by atoms with Gasteiger partial charge in [-0.25, -0.2) is 0 Å². The second-order valence-electron chi connectivity index (χ2n) is 4.22. The first kappa shape index (κ1) is 8.76. The summed E-state index contributed by atoms with van der Waals surface area (Å²) in [7, 11) is 0. The zero-order valence-electron chi connectivity index (χ0n) is 8.38. The van der Waals surface area contributed by atoms with Crippen molar-refractivity contribution in [3.05, 3.63) is 35.4 Å². The van der Waals surface area contributed by atoms with Gasteiger partial charge >= 0.3 is 0 Å². The normalized spacial score (nSPS) is 27.8. The molecule has 1 aromatic carbocycles. The fraction of sp³-hybridized carbons (Fsp3) is 0.500. The first-order chi connectivity index (χ1) is 6.25. The third kappa shape index (κ3) is 1.92. The van der Waals surface area contributed by atoms with Gasteiger partial charge in [-0.05, 0) is 31.4 Å². The fourth-order valence-electron chi connectivity index (χ4n) is 2.05. The van der Waals surface area contributed by atoms with Gasteiger partial charge in [-0.1, -0.05) is 36.8 Å². The van der Waals surface area contributed by atoms with E-state index in [1.54, 1.807) is 0 Å². The summed E-state index contributed by atoms with van der Waals surface area (Å²) in [5.74, 6) is 0.825. The van der Waals surface area contributed by atoms with Crippen molar-refractivity contribution in [2.75, 3.05) is 6.54 Å². The molecule has 2 atom stereocenters. The van der Waals surface area contributed by atoms with Crippen molar-refractivity contribution in [1.82, 2.24) is 5.32 Å². The van der Waals surface area contributed by atoms with Gasteiger partial charge in [0.2, 0.25) is 0 Å². The molecule has 0 bridgehead atoms. The fourth-order valence-corrected chi connectivity index (χ4v) is 2.05. The van der Waals surface area contributed by atoms with Gasteiger partial charge in [-0.15, -0.1) is 0 Å². The SMILES string of the molecule is Cc1cccc([C@H]2C[C@H](C)CN2)c1. The summed E-state index contributed by atoms with van der Waals surface area (Å²) >= 11 is 0. The van der Waals surface area contributed by atoms with E-state index in [4.69, 9.17) is 0 Å². The molecule has 1 heterocycles. The third-order valence-electron chi connectivity index (χ3n) is 2.80. The summed E-state index contributed by atoms with van der Waals surface area (Å²) in [4.78, 5) is 0. The second-order valence-corrected chi connectivity index (χ2v) is 4.22. The lowest BCUT2D eigenvalue weighted by molar-refractivity contribution is 0.611. The minimum absolute atomic E-state index is 0.592. The van der Waals surface area contributed by atoms with Gasteiger partial charge < -0.3 is 5.32 Å². The van der Waals surface area contributed by atoms with E-state index in [0.29, 0.717) is 6.04 Å². The summed E-state index contributed by atoms with van der Waals surface area (Å²) in [6.45, 7) is 5.63. The molecule has 70 valence electrons. The third-order valence-corrected chi connectivity index (χ3v) is 2.80. The van der Waals surface area contributed by atoms with Crippen LogP contribution < -0.4 is 5.32 Å². The molecule has 2 rings (SSSR count). The van der Waals surface area contributed by atoms with Gasteiger partial charge in [-0.3, -0.25) is 0 Å². The van der Waals surface area contributed by atoms with E-state index >= 15 is 0 Å². The number of rotatable bonds is 1. The second kappa shape index (κ2) is 3.51. The van der Waals surface area contributed by atoms with Crippen LogP contribution in [0.5, 0.6) is 0 Å². The average Bonchev–Trinajstić information content (AvgIpc) is 2.52. The molecule has 0 radical (unpaired) electrons. The van der Waals surface area contributed by atoms with Crippen LogP contribution in [0.4, 0.5) is 0 Å². The maximum absolute atomic E-state index is 3.55. The minimum Gasteiger partial charge on any atom is -0.310 e. The highest BCUT2D eigenvalue weighted by molar-refractivity contribution is 5.25. The minimum atomic E-state index is 0.592. The Morgan fingerprint density at radius 3 is 2.85 bits per heavy atom. The Balaban J connectivity index is 2.16. The van der Waals surface area contributed by atoms with Crippen LogP contribution in [0.3, 0.4) is 0 Å². The monoisotopic (exact) mass is 175 g/mol. The number of benzene rings is 1. The zero-order chi connectivity index (χ0) is 9.26. The molecule has 1 nitrogen and oxygen atoms in total. The first-order valence-corrected chi connectivity index (χ1v) is 5.05. The summed E-state index contributed by atoms with van der Waals surface area (Å²) in [6.07, 6.45) is 1.28. The van der Waals surface area contributed by atoms with Crippen LogP contribution >= 0.6 is 0 Å². The Morgan fingerprint density at radius 2 is 2.23 bits per heavy atom. The predicted molar refractivity (Wildman–Crippen MR) is 55.7 cm³/mol. The Kier molecular flexibility index (Phi) is 2.36. The molecule has 1 N–H and O–H groups in total. The van der Waals surface area contributed by atoms with E-state index in [-0.39, 0.29) is 0 Å². The van der Waals surface area contributed by atoms with Crippen LogP contribution in [0.1, 0.15) is 30.5 Å². The molecule has 1 heteroatoms. The van der Waals surface area contributed by atoms with Crippen molar-refractivity contribution in [3.8, 4) is 0 Å². The van der Waals surface area contributed by atoms with E-state index in [0.717, 1.165) is 5.92 Å². The van der Waals surface area contributed by atoms with Crippen LogP contribution in [0.25, 0.3) is 0 Å². The van der Waals surface area contributed by atoms with Gasteiger partial charge in [-0.2, -0.15) is 0 Å². The van der Waals surface area contributed by atoms with Crippen molar-refractivity contribution >= 4 is 0 Å².